The number of ether oxygens (including phenoxy) is 1. The van der Waals surface area contributed by atoms with Crippen LogP contribution in [0.3, 0.4) is 0 Å². The Bertz CT molecular complexity index is 660. The summed E-state index contributed by atoms with van der Waals surface area (Å²) < 4.78 is 4.79. The van der Waals surface area contributed by atoms with Gasteiger partial charge in [-0.3, -0.25) is 9.59 Å². The van der Waals surface area contributed by atoms with Gasteiger partial charge >= 0.3 is 5.97 Å². The zero-order valence-electron chi connectivity index (χ0n) is 12.7. The summed E-state index contributed by atoms with van der Waals surface area (Å²) in [5.74, 6) is -0.427. The molecule has 0 saturated carbocycles. The molecule has 1 aromatic carbocycles. The normalized spacial score (nSPS) is 20.9. The van der Waals surface area contributed by atoms with E-state index in [9.17, 15) is 9.59 Å². The molecule has 0 N–H and O–H groups in total. The van der Waals surface area contributed by atoms with Crippen LogP contribution in [0.2, 0.25) is 0 Å². The number of benzene rings is 1. The van der Waals surface area contributed by atoms with Gasteiger partial charge in [-0.05, 0) is 37.1 Å². The molecule has 1 aliphatic heterocycles. The van der Waals surface area contributed by atoms with E-state index in [4.69, 9.17) is 10.00 Å². The minimum absolute atomic E-state index is 0.144. The van der Waals surface area contributed by atoms with Crippen LogP contribution in [0.15, 0.2) is 30.3 Å². The molecule has 0 aliphatic carbocycles. The van der Waals surface area contributed by atoms with Crippen molar-refractivity contribution >= 4 is 18.0 Å². The van der Waals surface area contributed by atoms with Gasteiger partial charge in [0.15, 0.2) is 0 Å². The molecule has 5 nitrogen and oxygen atoms in total. The molecule has 5 heteroatoms. The summed E-state index contributed by atoms with van der Waals surface area (Å²) in [6, 6.07) is 9.08. The van der Waals surface area contributed by atoms with E-state index in [-0.39, 0.29) is 11.9 Å². The fraction of sp³-hybridized carbons (Fsp3) is 0.353. The smallest absolute Gasteiger partial charge is 0.313 e. The first-order valence-electron chi connectivity index (χ1n) is 7.04. The third kappa shape index (κ3) is 3.34. The van der Waals surface area contributed by atoms with E-state index in [0.717, 1.165) is 5.56 Å². The highest BCUT2D eigenvalue weighted by atomic mass is 16.5. The van der Waals surface area contributed by atoms with Gasteiger partial charge in [0.2, 0.25) is 5.91 Å². The molecule has 1 saturated heterocycles. The number of hydrogen-bond acceptors (Lipinski definition) is 4. The van der Waals surface area contributed by atoms with Crippen molar-refractivity contribution in [3.05, 3.63) is 41.5 Å². The SMILES string of the molecule is COC(=O)C1(C)CCN(C(=O)/C=C/c2cccc(C#N)c2)C1. The number of esters is 1. The van der Waals surface area contributed by atoms with Crippen LogP contribution in [0.4, 0.5) is 0 Å². The highest BCUT2D eigenvalue weighted by Gasteiger charge is 2.42. The van der Waals surface area contributed by atoms with E-state index in [0.29, 0.717) is 25.1 Å². The lowest BCUT2D eigenvalue weighted by Crippen LogP contribution is -2.34. The Balaban J connectivity index is 2.03. The maximum Gasteiger partial charge on any atom is 0.313 e. The Kier molecular flexibility index (Phi) is 4.62. The zero-order chi connectivity index (χ0) is 16.2. The molecule has 22 heavy (non-hydrogen) atoms. The van der Waals surface area contributed by atoms with Gasteiger partial charge < -0.3 is 9.64 Å². The third-order valence-corrected chi connectivity index (χ3v) is 3.90. The van der Waals surface area contributed by atoms with Gasteiger partial charge in [-0.1, -0.05) is 12.1 Å². The molecule has 1 unspecified atom stereocenters. The van der Waals surface area contributed by atoms with Gasteiger partial charge in [0.1, 0.15) is 0 Å². The number of amides is 1. The van der Waals surface area contributed by atoms with Gasteiger partial charge in [0.05, 0.1) is 24.2 Å². The first-order chi connectivity index (χ1) is 10.5. The molecular weight excluding hydrogens is 280 g/mol. The number of carbonyl (C=O) groups excluding carboxylic acids is 2. The number of hydrogen-bond donors (Lipinski definition) is 0. The Morgan fingerprint density at radius 1 is 1.45 bits per heavy atom. The highest BCUT2D eigenvalue weighted by Crippen LogP contribution is 2.31. The summed E-state index contributed by atoms with van der Waals surface area (Å²) in [7, 11) is 1.36. The molecule has 1 aliphatic rings. The predicted molar refractivity (Wildman–Crippen MR) is 81.5 cm³/mol. The van der Waals surface area contributed by atoms with Crippen molar-refractivity contribution in [1.29, 1.82) is 5.26 Å². The third-order valence-electron chi connectivity index (χ3n) is 3.90. The van der Waals surface area contributed by atoms with Gasteiger partial charge in [-0.2, -0.15) is 5.26 Å². The summed E-state index contributed by atoms with van der Waals surface area (Å²) in [6.45, 7) is 2.71. The number of rotatable bonds is 3. The molecule has 2 rings (SSSR count). The standard InChI is InChI=1S/C17H18N2O3/c1-17(16(21)22-2)8-9-19(12-17)15(20)7-6-13-4-3-5-14(10-13)11-18/h3-7,10H,8-9,12H2,1-2H3/b7-6+. The first kappa shape index (κ1) is 15.8. The topological polar surface area (TPSA) is 70.4 Å². The lowest BCUT2D eigenvalue weighted by atomic mass is 9.90. The van der Waals surface area contributed by atoms with Crippen molar-refractivity contribution in [3.63, 3.8) is 0 Å². The fourth-order valence-electron chi connectivity index (χ4n) is 2.55. The molecule has 1 atom stereocenters. The van der Waals surface area contributed by atoms with E-state index in [1.54, 1.807) is 29.2 Å². The average Bonchev–Trinajstić information content (AvgIpc) is 2.95. The predicted octanol–water partition coefficient (Wildman–Crippen LogP) is 1.98. The van der Waals surface area contributed by atoms with Crippen LogP contribution in [0.5, 0.6) is 0 Å². The molecule has 1 aromatic rings. The Hall–Kier alpha value is -2.61. The van der Waals surface area contributed by atoms with Crippen molar-refractivity contribution in [3.8, 4) is 6.07 Å². The molecule has 1 amide bonds. The lowest BCUT2D eigenvalue weighted by molar-refractivity contribution is -0.151. The lowest BCUT2D eigenvalue weighted by Gasteiger charge is -2.21. The minimum Gasteiger partial charge on any atom is -0.469 e. The summed E-state index contributed by atoms with van der Waals surface area (Å²) in [5.41, 5.74) is 0.718. The second-order valence-electron chi connectivity index (χ2n) is 5.63. The fourth-order valence-corrected chi connectivity index (χ4v) is 2.55. The van der Waals surface area contributed by atoms with Crippen molar-refractivity contribution in [1.82, 2.24) is 4.90 Å². The van der Waals surface area contributed by atoms with Crippen molar-refractivity contribution in [2.75, 3.05) is 20.2 Å². The minimum atomic E-state index is -0.626. The van der Waals surface area contributed by atoms with Crippen molar-refractivity contribution in [2.45, 2.75) is 13.3 Å². The van der Waals surface area contributed by atoms with Gasteiger partial charge in [0, 0.05) is 19.2 Å². The maximum atomic E-state index is 12.2. The summed E-state index contributed by atoms with van der Waals surface area (Å²) in [5, 5.41) is 8.85. The van der Waals surface area contributed by atoms with Gasteiger partial charge in [0.25, 0.3) is 0 Å². The first-order valence-corrected chi connectivity index (χ1v) is 7.04. The second-order valence-corrected chi connectivity index (χ2v) is 5.63. The zero-order valence-corrected chi connectivity index (χ0v) is 12.7. The Morgan fingerprint density at radius 3 is 2.91 bits per heavy atom. The van der Waals surface area contributed by atoms with Crippen LogP contribution in [0.25, 0.3) is 6.08 Å². The van der Waals surface area contributed by atoms with Crippen molar-refractivity contribution in [2.24, 2.45) is 5.41 Å². The van der Waals surface area contributed by atoms with E-state index < -0.39 is 5.41 Å². The van der Waals surface area contributed by atoms with Crippen LogP contribution in [-0.4, -0.2) is 37.0 Å². The molecule has 0 bridgehead atoms. The molecular formula is C17H18N2O3. The van der Waals surface area contributed by atoms with Gasteiger partial charge in [-0.15, -0.1) is 0 Å². The average molecular weight is 298 g/mol. The van der Waals surface area contributed by atoms with Crippen LogP contribution in [0, 0.1) is 16.7 Å². The number of likely N-dealkylation sites (tertiary alicyclic amines) is 1. The molecule has 1 fully saturated rings. The largest absolute Gasteiger partial charge is 0.469 e. The second kappa shape index (κ2) is 6.44. The molecule has 1 heterocycles. The van der Waals surface area contributed by atoms with Crippen LogP contribution >= 0.6 is 0 Å². The number of nitriles is 1. The number of methoxy groups -OCH3 is 1. The molecule has 0 aromatic heterocycles. The Labute approximate surface area is 129 Å². The van der Waals surface area contributed by atoms with Crippen LogP contribution in [0.1, 0.15) is 24.5 Å². The molecule has 0 radical (unpaired) electrons. The van der Waals surface area contributed by atoms with Crippen LogP contribution in [-0.2, 0) is 14.3 Å². The molecule has 114 valence electrons. The number of nitrogens with zero attached hydrogens (tertiary/aromatic N) is 2. The number of carbonyl (C=O) groups is 2. The monoisotopic (exact) mass is 298 g/mol. The maximum absolute atomic E-state index is 12.2. The summed E-state index contributed by atoms with van der Waals surface area (Å²) >= 11 is 0. The Morgan fingerprint density at radius 2 is 2.23 bits per heavy atom. The van der Waals surface area contributed by atoms with E-state index >= 15 is 0 Å². The quantitative estimate of drug-likeness (QED) is 0.632. The van der Waals surface area contributed by atoms with Crippen LogP contribution < -0.4 is 0 Å². The van der Waals surface area contributed by atoms with E-state index in [1.807, 2.05) is 13.0 Å². The van der Waals surface area contributed by atoms with E-state index in [1.165, 1.54) is 13.2 Å². The highest BCUT2D eigenvalue weighted by molar-refractivity contribution is 5.92. The molecule has 0 spiro atoms. The van der Waals surface area contributed by atoms with E-state index in [2.05, 4.69) is 6.07 Å². The van der Waals surface area contributed by atoms with Gasteiger partial charge in [-0.25, -0.2) is 0 Å². The van der Waals surface area contributed by atoms with Crippen molar-refractivity contribution < 1.29 is 14.3 Å². The summed E-state index contributed by atoms with van der Waals surface area (Å²) in [6.07, 6.45) is 3.75. The summed E-state index contributed by atoms with van der Waals surface area (Å²) in [4.78, 5) is 25.6.